The molecule has 11 heavy (non-hydrogen) atoms. The van der Waals surface area contributed by atoms with Crippen molar-refractivity contribution in [3.05, 3.63) is 23.3 Å². The Morgan fingerprint density at radius 2 is 1.73 bits per heavy atom. The molecular formula is C8H10O2Si. The lowest BCUT2D eigenvalue weighted by Crippen LogP contribution is -2.14. The molecule has 0 aromatic heterocycles. The minimum Gasteiger partial charge on any atom is -0.508 e. The molecular weight excluding hydrogens is 156 g/mol. The van der Waals surface area contributed by atoms with Crippen molar-refractivity contribution in [2.24, 2.45) is 0 Å². The van der Waals surface area contributed by atoms with E-state index in [1.807, 2.05) is 13.8 Å². The maximum absolute atomic E-state index is 10.7. The fraction of sp³-hybridized carbons (Fsp3) is 0.250. The Bertz CT molecular complexity index is 271. The largest absolute Gasteiger partial charge is 0.508 e. The molecule has 0 saturated heterocycles. The van der Waals surface area contributed by atoms with E-state index in [2.05, 4.69) is 0 Å². The van der Waals surface area contributed by atoms with Crippen molar-refractivity contribution in [2.75, 3.05) is 0 Å². The molecule has 0 bridgehead atoms. The van der Waals surface area contributed by atoms with E-state index in [-0.39, 0.29) is 5.75 Å². The van der Waals surface area contributed by atoms with Gasteiger partial charge in [0, 0.05) is 5.19 Å². The van der Waals surface area contributed by atoms with Crippen LogP contribution in [-0.4, -0.2) is 14.5 Å². The molecule has 1 rings (SSSR count). The molecule has 58 valence electrons. The van der Waals surface area contributed by atoms with Crippen LogP contribution in [0, 0.1) is 13.8 Å². The second-order valence-electron chi connectivity index (χ2n) is 2.61. The van der Waals surface area contributed by atoms with E-state index < -0.39 is 9.41 Å². The fourth-order valence-corrected chi connectivity index (χ4v) is 1.68. The van der Waals surface area contributed by atoms with Gasteiger partial charge in [0.15, 0.2) is 0 Å². The molecule has 0 fully saturated rings. The van der Waals surface area contributed by atoms with E-state index in [0.29, 0.717) is 0 Å². The Morgan fingerprint density at radius 3 is 2.09 bits per heavy atom. The summed E-state index contributed by atoms with van der Waals surface area (Å²) < 4.78 is 10.7. The summed E-state index contributed by atoms with van der Waals surface area (Å²) in [7, 11) is -0.890. The number of rotatable bonds is 1. The van der Waals surface area contributed by atoms with Crippen LogP contribution in [0.2, 0.25) is 0 Å². The predicted molar refractivity (Wildman–Crippen MR) is 45.1 cm³/mol. The van der Waals surface area contributed by atoms with E-state index >= 15 is 0 Å². The standard InChI is InChI=1S/C8H10O2Si/c1-5-3-7(9)4-6(2)8(5)11-10/h3-4,9,11H,1-2H3. The van der Waals surface area contributed by atoms with Gasteiger partial charge in [0.05, 0.1) is 0 Å². The number of hydrogen-bond acceptors (Lipinski definition) is 2. The highest BCUT2D eigenvalue weighted by Gasteiger charge is 2.02. The fourth-order valence-electron chi connectivity index (χ4n) is 1.14. The third-order valence-corrected chi connectivity index (χ3v) is 2.84. The molecule has 2 nitrogen and oxygen atoms in total. The van der Waals surface area contributed by atoms with Gasteiger partial charge in [0.1, 0.15) is 5.75 Å². The van der Waals surface area contributed by atoms with Gasteiger partial charge in [0.2, 0.25) is 0 Å². The number of aromatic hydroxyl groups is 1. The average molecular weight is 166 g/mol. The number of phenols is 1. The first-order valence-electron chi connectivity index (χ1n) is 3.40. The van der Waals surface area contributed by atoms with Crippen LogP contribution in [-0.2, 0) is 4.46 Å². The SMILES string of the molecule is Cc1cc(O)cc(C)c1[SiH]=O. The summed E-state index contributed by atoms with van der Waals surface area (Å²) in [6, 6.07) is 3.26. The topological polar surface area (TPSA) is 37.3 Å². The Balaban J connectivity index is 3.36. The minimum atomic E-state index is -0.890. The quantitative estimate of drug-likeness (QED) is 0.614. The van der Waals surface area contributed by atoms with Crippen LogP contribution in [0.5, 0.6) is 5.75 Å². The minimum absolute atomic E-state index is 0.247. The van der Waals surface area contributed by atoms with Gasteiger partial charge < -0.3 is 9.57 Å². The molecule has 0 spiro atoms. The first kappa shape index (κ1) is 8.14. The smallest absolute Gasteiger partial charge is 0.296 e. The molecule has 0 atom stereocenters. The first-order chi connectivity index (χ1) is 5.15. The lowest BCUT2D eigenvalue weighted by molar-refractivity contribution is 0.474. The van der Waals surface area contributed by atoms with Crippen LogP contribution < -0.4 is 5.19 Å². The molecule has 0 heterocycles. The number of hydrogen-bond donors (Lipinski definition) is 1. The second kappa shape index (κ2) is 2.96. The van der Waals surface area contributed by atoms with Crippen molar-refractivity contribution < 1.29 is 9.57 Å². The van der Waals surface area contributed by atoms with Crippen molar-refractivity contribution in [2.45, 2.75) is 13.8 Å². The molecule has 0 aliphatic heterocycles. The molecule has 0 amide bonds. The van der Waals surface area contributed by atoms with Crippen molar-refractivity contribution in [1.29, 1.82) is 0 Å². The van der Waals surface area contributed by atoms with Crippen molar-refractivity contribution in [3.8, 4) is 5.75 Å². The Morgan fingerprint density at radius 1 is 1.27 bits per heavy atom. The monoisotopic (exact) mass is 166 g/mol. The zero-order valence-corrected chi connectivity index (χ0v) is 7.74. The summed E-state index contributed by atoms with van der Waals surface area (Å²) in [6.07, 6.45) is 0. The maximum atomic E-state index is 10.7. The summed E-state index contributed by atoms with van der Waals surface area (Å²) in [6.45, 7) is 3.71. The van der Waals surface area contributed by atoms with Gasteiger partial charge in [-0.3, -0.25) is 0 Å². The van der Waals surface area contributed by atoms with Crippen LogP contribution in [0.1, 0.15) is 11.1 Å². The van der Waals surface area contributed by atoms with Crippen LogP contribution in [0.4, 0.5) is 0 Å². The van der Waals surface area contributed by atoms with Gasteiger partial charge in [-0.1, -0.05) is 0 Å². The second-order valence-corrected chi connectivity index (χ2v) is 3.42. The molecule has 0 unspecified atom stereocenters. The highest BCUT2D eigenvalue weighted by Crippen LogP contribution is 2.11. The summed E-state index contributed by atoms with van der Waals surface area (Å²) >= 11 is 0. The van der Waals surface area contributed by atoms with Gasteiger partial charge in [0.25, 0.3) is 9.41 Å². The average Bonchev–Trinajstić information content (AvgIpc) is 1.85. The Kier molecular flexibility index (Phi) is 2.19. The van der Waals surface area contributed by atoms with Crippen LogP contribution in [0.15, 0.2) is 12.1 Å². The first-order valence-corrected chi connectivity index (χ1v) is 4.45. The number of aryl methyl sites for hydroxylation is 2. The molecule has 1 aromatic rings. The van der Waals surface area contributed by atoms with Crippen molar-refractivity contribution in [1.82, 2.24) is 0 Å². The Labute approximate surface area is 67.8 Å². The molecule has 0 saturated carbocycles. The number of phenolic OH excluding ortho intramolecular Hbond substituents is 1. The third kappa shape index (κ3) is 1.54. The van der Waals surface area contributed by atoms with Crippen LogP contribution >= 0.6 is 0 Å². The van der Waals surface area contributed by atoms with E-state index in [4.69, 9.17) is 5.11 Å². The molecule has 0 aliphatic carbocycles. The summed E-state index contributed by atoms with van der Waals surface area (Å²) in [5.41, 5.74) is 1.82. The molecule has 1 aromatic carbocycles. The normalized spacial score (nSPS) is 9.64. The van der Waals surface area contributed by atoms with Crippen LogP contribution in [0.3, 0.4) is 0 Å². The maximum Gasteiger partial charge on any atom is 0.296 e. The van der Waals surface area contributed by atoms with Gasteiger partial charge in [-0.05, 0) is 37.1 Å². The van der Waals surface area contributed by atoms with Gasteiger partial charge in [-0.2, -0.15) is 0 Å². The highest BCUT2D eigenvalue weighted by molar-refractivity contribution is 6.40. The highest BCUT2D eigenvalue weighted by atomic mass is 28.2. The van der Waals surface area contributed by atoms with E-state index in [0.717, 1.165) is 16.3 Å². The lowest BCUT2D eigenvalue weighted by Gasteiger charge is -2.02. The van der Waals surface area contributed by atoms with Crippen molar-refractivity contribution >= 4 is 14.6 Å². The van der Waals surface area contributed by atoms with E-state index in [1.54, 1.807) is 12.1 Å². The lowest BCUT2D eigenvalue weighted by atomic mass is 10.1. The van der Waals surface area contributed by atoms with E-state index in [9.17, 15) is 4.46 Å². The van der Waals surface area contributed by atoms with E-state index in [1.165, 1.54) is 0 Å². The molecule has 1 N–H and O–H groups in total. The van der Waals surface area contributed by atoms with Gasteiger partial charge in [-0.25, -0.2) is 0 Å². The summed E-state index contributed by atoms with van der Waals surface area (Å²) in [5.74, 6) is 0.247. The van der Waals surface area contributed by atoms with Crippen molar-refractivity contribution in [3.63, 3.8) is 0 Å². The number of benzene rings is 1. The third-order valence-electron chi connectivity index (χ3n) is 1.70. The molecule has 3 heteroatoms. The van der Waals surface area contributed by atoms with Gasteiger partial charge in [-0.15, -0.1) is 0 Å². The summed E-state index contributed by atoms with van der Waals surface area (Å²) in [5, 5.41) is 10.00. The summed E-state index contributed by atoms with van der Waals surface area (Å²) in [4.78, 5) is 0. The van der Waals surface area contributed by atoms with Crippen LogP contribution in [0.25, 0.3) is 0 Å². The zero-order valence-electron chi connectivity index (χ0n) is 6.59. The Hall–Kier alpha value is -0.963. The molecule has 0 radical (unpaired) electrons. The zero-order chi connectivity index (χ0) is 8.43. The molecule has 0 aliphatic rings. The predicted octanol–water partition coefficient (Wildman–Crippen LogP) is 0.416. The van der Waals surface area contributed by atoms with Gasteiger partial charge >= 0.3 is 0 Å².